The highest BCUT2D eigenvalue weighted by molar-refractivity contribution is 7.91. The van der Waals surface area contributed by atoms with E-state index >= 15 is 0 Å². The topological polar surface area (TPSA) is 95.5 Å². The smallest absolute Gasteiger partial charge is 0.221 e. The molecule has 1 amide bonds. The number of amides is 1. The van der Waals surface area contributed by atoms with Gasteiger partial charge in [-0.15, -0.1) is 0 Å². The molecular formula is C12H22N2O4S. The number of rotatable bonds is 3. The van der Waals surface area contributed by atoms with Crippen LogP contribution >= 0.6 is 0 Å². The lowest BCUT2D eigenvalue weighted by Gasteiger charge is -2.28. The highest BCUT2D eigenvalue weighted by Crippen LogP contribution is 2.18. The fourth-order valence-corrected chi connectivity index (χ4v) is 4.25. The lowest BCUT2D eigenvalue weighted by molar-refractivity contribution is -0.122. The predicted molar refractivity (Wildman–Crippen MR) is 71.5 cm³/mol. The third-order valence-corrected chi connectivity index (χ3v) is 5.48. The van der Waals surface area contributed by atoms with Crippen molar-refractivity contribution in [3.05, 3.63) is 0 Å². The fraction of sp³-hybridized carbons (Fsp3) is 0.917. The van der Waals surface area contributed by atoms with Gasteiger partial charge in [-0.2, -0.15) is 0 Å². The summed E-state index contributed by atoms with van der Waals surface area (Å²) < 4.78 is 22.9. The number of hydrogen-bond donors (Lipinski definition) is 3. The second kappa shape index (κ2) is 6.19. The van der Waals surface area contributed by atoms with Gasteiger partial charge < -0.3 is 15.7 Å². The monoisotopic (exact) mass is 290 g/mol. The molecule has 7 heteroatoms. The number of sulfone groups is 1. The van der Waals surface area contributed by atoms with Gasteiger partial charge in [-0.25, -0.2) is 8.42 Å². The van der Waals surface area contributed by atoms with Crippen molar-refractivity contribution in [2.75, 3.05) is 18.1 Å². The highest BCUT2D eigenvalue weighted by atomic mass is 32.2. The van der Waals surface area contributed by atoms with Crippen LogP contribution in [0.2, 0.25) is 0 Å². The Labute approximate surface area is 113 Å². The zero-order valence-electron chi connectivity index (χ0n) is 11.0. The van der Waals surface area contributed by atoms with E-state index in [0.717, 1.165) is 19.3 Å². The Hall–Kier alpha value is -0.660. The third kappa shape index (κ3) is 4.74. The molecule has 6 nitrogen and oxygen atoms in total. The molecule has 2 rings (SSSR count). The first kappa shape index (κ1) is 14.7. The average molecular weight is 290 g/mol. The predicted octanol–water partition coefficient (Wildman–Crippen LogP) is -0.817. The van der Waals surface area contributed by atoms with Gasteiger partial charge in [0.25, 0.3) is 0 Å². The molecule has 1 aliphatic heterocycles. The molecule has 0 spiro atoms. The molecule has 1 saturated carbocycles. The zero-order chi connectivity index (χ0) is 13.9. The van der Waals surface area contributed by atoms with Gasteiger partial charge in [0.15, 0.2) is 9.84 Å². The van der Waals surface area contributed by atoms with Crippen molar-refractivity contribution in [3.8, 4) is 0 Å². The van der Waals surface area contributed by atoms with Crippen LogP contribution in [0.1, 0.15) is 32.1 Å². The van der Waals surface area contributed by atoms with E-state index in [0.29, 0.717) is 13.0 Å². The van der Waals surface area contributed by atoms with E-state index in [-0.39, 0.29) is 42.0 Å². The molecule has 1 heterocycles. The van der Waals surface area contributed by atoms with E-state index in [1.54, 1.807) is 0 Å². The molecule has 0 radical (unpaired) electrons. The van der Waals surface area contributed by atoms with Crippen LogP contribution in [-0.4, -0.2) is 55.7 Å². The molecular weight excluding hydrogens is 268 g/mol. The van der Waals surface area contributed by atoms with Gasteiger partial charge in [-0.05, 0) is 25.7 Å². The summed E-state index contributed by atoms with van der Waals surface area (Å²) in [6.07, 6.45) is 3.07. The number of aliphatic hydroxyl groups excluding tert-OH is 1. The molecule has 2 fully saturated rings. The third-order valence-electron chi connectivity index (χ3n) is 3.74. The second-order valence-electron chi connectivity index (χ2n) is 5.55. The number of nitrogens with one attached hydrogen (secondary N) is 2. The molecule has 2 aliphatic rings. The van der Waals surface area contributed by atoms with Crippen LogP contribution in [0.25, 0.3) is 0 Å². The van der Waals surface area contributed by atoms with Crippen molar-refractivity contribution in [3.63, 3.8) is 0 Å². The minimum atomic E-state index is -3.00. The van der Waals surface area contributed by atoms with E-state index in [9.17, 15) is 18.3 Å². The maximum absolute atomic E-state index is 11.9. The lowest BCUT2D eigenvalue weighted by atomic mass is 9.93. The maximum Gasteiger partial charge on any atom is 0.221 e. The Kier molecular flexibility index (Phi) is 4.81. The Morgan fingerprint density at radius 3 is 2.84 bits per heavy atom. The van der Waals surface area contributed by atoms with Crippen molar-refractivity contribution >= 4 is 15.7 Å². The highest BCUT2D eigenvalue weighted by Gasteiger charge is 2.27. The molecule has 3 unspecified atom stereocenters. The molecule has 3 atom stereocenters. The summed E-state index contributed by atoms with van der Waals surface area (Å²) in [7, 11) is -3.00. The number of carbonyl (C=O) groups is 1. The van der Waals surface area contributed by atoms with Gasteiger partial charge >= 0.3 is 0 Å². The van der Waals surface area contributed by atoms with Gasteiger partial charge in [0.05, 0.1) is 17.6 Å². The SMILES string of the molecule is O=C(CC1CS(=O)(=O)CCN1)NC1CCCC(O)C1. The zero-order valence-corrected chi connectivity index (χ0v) is 11.8. The second-order valence-corrected chi connectivity index (χ2v) is 7.78. The first-order valence-corrected chi connectivity index (χ1v) is 8.68. The Morgan fingerprint density at radius 2 is 2.16 bits per heavy atom. The van der Waals surface area contributed by atoms with E-state index in [2.05, 4.69) is 10.6 Å². The summed E-state index contributed by atoms with van der Waals surface area (Å²) >= 11 is 0. The minimum Gasteiger partial charge on any atom is -0.393 e. The van der Waals surface area contributed by atoms with Crippen molar-refractivity contribution in [2.24, 2.45) is 0 Å². The average Bonchev–Trinajstić information content (AvgIpc) is 2.27. The van der Waals surface area contributed by atoms with Gasteiger partial charge in [0.2, 0.25) is 5.91 Å². The molecule has 1 saturated heterocycles. The molecule has 0 aromatic heterocycles. The van der Waals surface area contributed by atoms with E-state index in [1.165, 1.54) is 0 Å². The van der Waals surface area contributed by atoms with Crippen LogP contribution < -0.4 is 10.6 Å². The molecule has 3 N–H and O–H groups in total. The van der Waals surface area contributed by atoms with Gasteiger partial charge in [0.1, 0.15) is 0 Å². The largest absolute Gasteiger partial charge is 0.393 e. The fourth-order valence-electron chi connectivity index (χ4n) is 2.80. The first-order valence-electron chi connectivity index (χ1n) is 6.86. The van der Waals surface area contributed by atoms with Crippen LogP contribution in [0.15, 0.2) is 0 Å². The Balaban J connectivity index is 1.77. The van der Waals surface area contributed by atoms with Gasteiger partial charge in [-0.3, -0.25) is 4.79 Å². The van der Waals surface area contributed by atoms with Crippen LogP contribution in [-0.2, 0) is 14.6 Å². The Morgan fingerprint density at radius 1 is 1.37 bits per heavy atom. The molecule has 1 aliphatic carbocycles. The van der Waals surface area contributed by atoms with Crippen molar-refractivity contribution in [1.29, 1.82) is 0 Å². The van der Waals surface area contributed by atoms with Crippen LogP contribution in [0.4, 0.5) is 0 Å². The van der Waals surface area contributed by atoms with Crippen LogP contribution in [0, 0.1) is 0 Å². The Bertz CT molecular complexity index is 423. The normalized spacial score (nSPS) is 34.7. The molecule has 0 aromatic rings. The van der Waals surface area contributed by atoms with Crippen molar-refractivity contribution < 1.29 is 18.3 Å². The van der Waals surface area contributed by atoms with E-state index < -0.39 is 9.84 Å². The number of hydrogen-bond acceptors (Lipinski definition) is 5. The summed E-state index contributed by atoms with van der Waals surface area (Å²) in [4.78, 5) is 11.9. The number of aliphatic hydroxyl groups is 1. The number of carbonyl (C=O) groups excluding carboxylic acids is 1. The quantitative estimate of drug-likeness (QED) is 0.631. The molecule has 110 valence electrons. The van der Waals surface area contributed by atoms with Crippen molar-refractivity contribution in [1.82, 2.24) is 10.6 Å². The van der Waals surface area contributed by atoms with Gasteiger partial charge in [0, 0.05) is 25.0 Å². The summed E-state index contributed by atoms with van der Waals surface area (Å²) in [5.74, 6) is 0.0573. The first-order chi connectivity index (χ1) is 8.94. The summed E-state index contributed by atoms with van der Waals surface area (Å²) in [5.41, 5.74) is 0. The van der Waals surface area contributed by atoms with Crippen molar-refractivity contribution in [2.45, 2.75) is 50.3 Å². The summed E-state index contributed by atoms with van der Waals surface area (Å²) in [6, 6.07) is -0.260. The van der Waals surface area contributed by atoms with Gasteiger partial charge in [-0.1, -0.05) is 0 Å². The van der Waals surface area contributed by atoms with E-state index in [4.69, 9.17) is 0 Å². The maximum atomic E-state index is 11.9. The lowest BCUT2D eigenvalue weighted by Crippen LogP contribution is -2.48. The molecule has 0 bridgehead atoms. The molecule has 0 aromatic carbocycles. The molecule has 19 heavy (non-hydrogen) atoms. The summed E-state index contributed by atoms with van der Waals surface area (Å²) in [6.45, 7) is 0.419. The van der Waals surface area contributed by atoms with Crippen LogP contribution in [0.5, 0.6) is 0 Å². The van der Waals surface area contributed by atoms with Crippen LogP contribution in [0.3, 0.4) is 0 Å². The standard InChI is InChI=1S/C12H22N2O4S/c15-11-3-1-2-9(6-11)14-12(16)7-10-8-19(17,18)5-4-13-10/h9-11,13,15H,1-8H2,(H,14,16). The minimum absolute atomic E-state index is 0.0245. The summed E-state index contributed by atoms with van der Waals surface area (Å²) in [5, 5.41) is 15.5. The van der Waals surface area contributed by atoms with E-state index in [1.807, 2.05) is 0 Å².